The minimum absolute atomic E-state index is 0.101. The van der Waals surface area contributed by atoms with Gasteiger partial charge in [-0.15, -0.1) is 0 Å². The number of primary sulfonamides is 1. The fourth-order valence-electron chi connectivity index (χ4n) is 1.87. The van der Waals surface area contributed by atoms with E-state index in [9.17, 15) is 17.6 Å². The molecule has 1 aromatic carbocycles. The Kier molecular flexibility index (Phi) is 3.60. The van der Waals surface area contributed by atoms with E-state index < -0.39 is 26.7 Å². The van der Waals surface area contributed by atoms with Crippen LogP contribution in [0.15, 0.2) is 17.0 Å². The zero-order valence-electron chi connectivity index (χ0n) is 10.3. The van der Waals surface area contributed by atoms with Crippen LogP contribution in [0.4, 0.5) is 4.39 Å². The van der Waals surface area contributed by atoms with Gasteiger partial charge in [-0.05, 0) is 43.9 Å². The Morgan fingerprint density at radius 2 is 2.05 bits per heavy atom. The molecule has 104 valence electrons. The van der Waals surface area contributed by atoms with Crippen molar-refractivity contribution in [2.75, 3.05) is 0 Å². The van der Waals surface area contributed by atoms with Crippen molar-refractivity contribution in [2.45, 2.75) is 37.2 Å². The van der Waals surface area contributed by atoms with Crippen molar-refractivity contribution in [2.24, 2.45) is 5.14 Å². The molecule has 1 aliphatic carbocycles. The molecule has 0 spiro atoms. The highest BCUT2D eigenvalue weighted by atomic mass is 32.2. The van der Waals surface area contributed by atoms with Crippen molar-refractivity contribution in [3.63, 3.8) is 0 Å². The summed E-state index contributed by atoms with van der Waals surface area (Å²) in [6.45, 7) is 1.40. The number of esters is 1. The zero-order valence-corrected chi connectivity index (χ0v) is 11.2. The molecule has 0 saturated heterocycles. The highest BCUT2D eigenvalue weighted by molar-refractivity contribution is 7.89. The number of halogens is 1. The zero-order chi connectivity index (χ0) is 14.2. The van der Waals surface area contributed by atoms with Gasteiger partial charge in [0.25, 0.3) is 0 Å². The van der Waals surface area contributed by atoms with E-state index in [4.69, 9.17) is 9.88 Å². The Morgan fingerprint density at radius 1 is 1.42 bits per heavy atom. The average Bonchev–Trinajstić information content (AvgIpc) is 2.24. The smallest absolute Gasteiger partial charge is 0.338 e. The van der Waals surface area contributed by atoms with Gasteiger partial charge >= 0.3 is 5.97 Å². The molecule has 1 fully saturated rings. The summed E-state index contributed by atoms with van der Waals surface area (Å²) in [6, 6.07) is 1.76. The van der Waals surface area contributed by atoms with Crippen molar-refractivity contribution < 1.29 is 22.3 Å². The lowest BCUT2D eigenvalue weighted by atomic mass is 9.96. The van der Waals surface area contributed by atoms with Gasteiger partial charge < -0.3 is 4.74 Å². The maximum absolute atomic E-state index is 13.4. The second-order valence-corrected chi connectivity index (χ2v) is 6.11. The third kappa shape index (κ3) is 2.93. The fraction of sp³-hybridized carbons (Fsp3) is 0.417. The minimum Gasteiger partial charge on any atom is -0.459 e. The van der Waals surface area contributed by atoms with Crippen molar-refractivity contribution in [1.82, 2.24) is 0 Å². The number of benzene rings is 1. The van der Waals surface area contributed by atoms with Gasteiger partial charge in [0.1, 0.15) is 11.9 Å². The van der Waals surface area contributed by atoms with Crippen molar-refractivity contribution in [3.05, 3.63) is 29.1 Å². The molecular weight excluding hydrogens is 273 g/mol. The number of carbonyl (C=O) groups is 1. The number of nitrogens with two attached hydrogens (primary N) is 1. The Bertz CT molecular complexity index is 623. The highest BCUT2D eigenvalue weighted by Gasteiger charge is 2.26. The molecule has 0 heterocycles. The third-order valence-electron chi connectivity index (χ3n) is 3.18. The van der Waals surface area contributed by atoms with E-state index in [-0.39, 0.29) is 17.2 Å². The summed E-state index contributed by atoms with van der Waals surface area (Å²) < 4.78 is 41.2. The molecule has 0 radical (unpaired) electrons. The maximum Gasteiger partial charge on any atom is 0.338 e. The summed E-state index contributed by atoms with van der Waals surface area (Å²) in [4.78, 5) is 11.5. The number of sulfonamides is 1. The number of ether oxygens (including phenoxy) is 1. The standard InChI is InChI=1S/C12H14FNO4S/c1-7-10(12(15)18-9-3-2-4-9)5-8(13)6-11(7)19(14,16)17/h5-6,9H,2-4H2,1H3,(H2,14,16,17). The fourth-order valence-corrected chi connectivity index (χ4v) is 2.68. The van der Waals surface area contributed by atoms with E-state index in [1.54, 1.807) is 0 Å². The quantitative estimate of drug-likeness (QED) is 0.853. The Balaban J connectivity index is 2.39. The predicted octanol–water partition coefficient (Wildman–Crippen LogP) is 1.49. The lowest BCUT2D eigenvalue weighted by Gasteiger charge is -2.25. The molecule has 7 heteroatoms. The first-order valence-corrected chi connectivity index (χ1v) is 7.37. The Hall–Kier alpha value is -1.47. The van der Waals surface area contributed by atoms with Crippen molar-refractivity contribution >= 4 is 16.0 Å². The lowest BCUT2D eigenvalue weighted by molar-refractivity contribution is 0.00885. The summed E-state index contributed by atoms with van der Waals surface area (Å²) in [5.41, 5.74) is 0.00384. The summed E-state index contributed by atoms with van der Waals surface area (Å²) in [5, 5.41) is 4.99. The number of hydrogen-bond donors (Lipinski definition) is 1. The molecule has 0 atom stereocenters. The van der Waals surface area contributed by atoms with Gasteiger partial charge in [-0.1, -0.05) is 0 Å². The highest BCUT2D eigenvalue weighted by Crippen LogP contribution is 2.26. The second-order valence-electron chi connectivity index (χ2n) is 4.58. The van der Waals surface area contributed by atoms with E-state index >= 15 is 0 Å². The summed E-state index contributed by atoms with van der Waals surface area (Å²) >= 11 is 0. The average molecular weight is 287 g/mol. The molecule has 19 heavy (non-hydrogen) atoms. The molecule has 0 unspecified atom stereocenters. The molecule has 2 N–H and O–H groups in total. The van der Waals surface area contributed by atoms with E-state index in [1.807, 2.05) is 0 Å². The SMILES string of the molecule is Cc1c(C(=O)OC2CCC2)cc(F)cc1S(N)(=O)=O. The maximum atomic E-state index is 13.4. The first kappa shape index (κ1) is 14.0. The molecule has 1 saturated carbocycles. The van der Waals surface area contributed by atoms with E-state index in [1.165, 1.54) is 6.92 Å². The largest absolute Gasteiger partial charge is 0.459 e. The van der Waals surface area contributed by atoms with E-state index in [0.717, 1.165) is 31.4 Å². The number of carbonyl (C=O) groups excluding carboxylic acids is 1. The van der Waals surface area contributed by atoms with Gasteiger partial charge in [-0.25, -0.2) is 22.7 Å². The minimum atomic E-state index is -4.08. The van der Waals surface area contributed by atoms with Crippen LogP contribution in [0.3, 0.4) is 0 Å². The van der Waals surface area contributed by atoms with Gasteiger partial charge in [0.05, 0.1) is 10.5 Å². The van der Waals surface area contributed by atoms with Crippen LogP contribution in [0.2, 0.25) is 0 Å². The Labute approximate surface area is 110 Å². The number of hydrogen-bond acceptors (Lipinski definition) is 4. The van der Waals surface area contributed by atoms with Gasteiger partial charge in [0, 0.05) is 0 Å². The van der Waals surface area contributed by atoms with Gasteiger partial charge in [0.2, 0.25) is 10.0 Å². The third-order valence-corrected chi connectivity index (χ3v) is 4.21. The van der Waals surface area contributed by atoms with Gasteiger partial charge in [-0.2, -0.15) is 0 Å². The topological polar surface area (TPSA) is 86.5 Å². The van der Waals surface area contributed by atoms with Crippen LogP contribution in [0, 0.1) is 12.7 Å². The Morgan fingerprint density at radius 3 is 2.53 bits per heavy atom. The van der Waals surface area contributed by atoms with Crippen LogP contribution in [0.25, 0.3) is 0 Å². The molecule has 1 aliphatic rings. The summed E-state index contributed by atoms with van der Waals surface area (Å²) in [7, 11) is -4.08. The molecular formula is C12H14FNO4S. The van der Waals surface area contributed by atoms with Crippen LogP contribution in [-0.2, 0) is 14.8 Å². The van der Waals surface area contributed by atoms with E-state index in [2.05, 4.69) is 0 Å². The molecule has 5 nitrogen and oxygen atoms in total. The van der Waals surface area contributed by atoms with Gasteiger partial charge in [0.15, 0.2) is 0 Å². The van der Waals surface area contributed by atoms with Crippen LogP contribution < -0.4 is 5.14 Å². The molecule has 0 aromatic heterocycles. The van der Waals surface area contributed by atoms with Gasteiger partial charge in [-0.3, -0.25) is 0 Å². The molecule has 2 rings (SSSR count). The first-order valence-electron chi connectivity index (χ1n) is 5.83. The lowest BCUT2D eigenvalue weighted by Crippen LogP contribution is -2.26. The monoisotopic (exact) mass is 287 g/mol. The summed E-state index contributed by atoms with van der Waals surface area (Å²) in [5.74, 6) is -1.55. The predicted molar refractivity (Wildman–Crippen MR) is 65.6 cm³/mol. The van der Waals surface area contributed by atoms with Crippen LogP contribution in [0.5, 0.6) is 0 Å². The normalized spacial score (nSPS) is 15.9. The molecule has 0 bridgehead atoms. The second kappa shape index (κ2) is 4.90. The van der Waals surface area contributed by atoms with Crippen LogP contribution in [-0.4, -0.2) is 20.5 Å². The molecule has 1 aromatic rings. The van der Waals surface area contributed by atoms with Crippen molar-refractivity contribution in [1.29, 1.82) is 0 Å². The van der Waals surface area contributed by atoms with Crippen LogP contribution in [0.1, 0.15) is 35.2 Å². The number of rotatable bonds is 3. The summed E-state index contributed by atoms with van der Waals surface area (Å²) in [6.07, 6.45) is 2.39. The van der Waals surface area contributed by atoms with Crippen molar-refractivity contribution in [3.8, 4) is 0 Å². The molecule has 0 aliphatic heterocycles. The first-order chi connectivity index (χ1) is 8.79. The van der Waals surface area contributed by atoms with E-state index in [0.29, 0.717) is 0 Å². The molecule has 0 amide bonds. The van der Waals surface area contributed by atoms with Crippen LogP contribution >= 0.6 is 0 Å².